The number of thioether (sulfide) groups is 1. The molecule has 2 aromatic rings. The van der Waals surface area contributed by atoms with Crippen molar-refractivity contribution in [1.29, 1.82) is 0 Å². The van der Waals surface area contributed by atoms with Crippen LogP contribution < -0.4 is 16.0 Å². The van der Waals surface area contributed by atoms with Crippen molar-refractivity contribution in [3.63, 3.8) is 0 Å². The van der Waals surface area contributed by atoms with Gasteiger partial charge in [-0.25, -0.2) is 9.97 Å². The average Bonchev–Trinajstić information content (AvgIpc) is 2.72. The lowest BCUT2D eigenvalue weighted by atomic mass is 9.87. The van der Waals surface area contributed by atoms with Crippen LogP contribution in [-0.4, -0.2) is 64.7 Å². The Labute approximate surface area is 167 Å². The lowest BCUT2D eigenvalue weighted by molar-refractivity contribution is -0.121. The summed E-state index contributed by atoms with van der Waals surface area (Å²) in [6, 6.07) is 9.25. The van der Waals surface area contributed by atoms with Crippen molar-refractivity contribution in [3.05, 3.63) is 42.1 Å². The van der Waals surface area contributed by atoms with Gasteiger partial charge in [0.25, 0.3) is 0 Å². The number of anilines is 2. The molecule has 1 aromatic carbocycles. The molecule has 2 atom stereocenters. The number of amides is 2. The standard InChI is InChI=1S/C19H22N6O2S/c1-28-19-21-7-6-16(23-19)24-9-14-8-15(10-24)25(14)11-17(26)22-13-4-2-12(3-5-13)18(20)27/h2-7,14-15H,8-11H2,1H3,(H2,20,27)(H,22,26). The molecular weight excluding hydrogens is 376 g/mol. The minimum absolute atomic E-state index is 0.0540. The van der Waals surface area contributed by atoms with Crippen LogP contribution in [0.5, 0.6) is 0 Å². The van der Waals surface area contributed by atoms with Crippen LogP contribution in [0.4, 0.5) is 11.5 Å². The van der Waals surface area contributed by atoms with E-state index >= 15 is 0 Å². The maximum absolute atomic E-state index is 12.4. The molecule has 3 saturated heterocycles. The molecule has 0 spiro atoms. The van der Waals surface area contributed by atoms with E-state index in [4.69, 9.17) is 5.73 Å². The second-order valence-corrected chi connectivity index (χ2v) is 7.79. The Bertz CT molecular complexity index is 878. The molecule has 9 heteroatoms. The van der Waals surface area contributed by atoms with Gasteiger partial charge in [-0.2, -0.15) is 0 Å². The third kappa shape index (κ3) is 3.81. The predicted molar refractivity (Wildman–Crippen MR) is 109 cm³/mol. The molecule has 2 unspecified atom stereocenters. The highest BCUT2D eigenvalue weighted by atomic mass is 32.2. The second-order valence-electron chi connectivity index (χ2n) is 7.01. The first-order chi connectivity index (χ1) is 13.5. The van der Waals surface area contributed by atoms with E-state index in [9.17, 15) is 9.59 Å². The summed E-state index contributed by atoms with van der Waals surface area (Å²) in [4.78, 5) is 36.9. The highest BCUT2D eigenvalue weighted by molar-refractivity contribution is 7.98. The number of nitrogens with two attached hydrogens (primary N) is 1. The summed E-state index contributed by atoms with van der Waals surface area (Å²) < 4.78 is 0. The van der Waals surface area contributed by atoms with Crippen molar-refractivity contribution in [2.75, 3.05) is 36.1 Å². The van der Waals surface area contributed by atoms with Crippen molar-refractivity contribution in [2.45, 2.75) is 23.7 Å². The third-order valence-corrected chi connectivity index (χ3v) is 5.81. The van der Waals surface area contributed by atoms with Crippen molar-refractivity contribution >= 4 is 35.1 Å². The van der Waals surface area contributed by atoms with Gasteiger partial charge in [0.15, 0.2) is 5.16 Å². The first-order valence-electron chi connectivity index (χ1n) is 9.11. The van der Waals surface area contributed by atoms with Gasteiger partial charge in [-0.3, -0.25) is 14.5 Å². The van der Waals surface area contributed by atoms with Crippen LogP contribution in [0.2, 0.25) is 0 Å². The molecule has 3 aliphatic rings. The quantitative estimate of drug-likeness (QED) is 0.556. The molecule has 146 valence electrons. The summed E-state index contributed by atoms with van der Waals surface area (Å²) in [5, 5.41) is 3.66. The Morgan fingerprint density at radius 3 is 2.57 bits per heavy atom. The van der Waals surface area contributed by atoms with Gasteiger partial charge in [0.05, 0.1) is 6.54 Å². The zero-order valence-electron chi connectivity index (χ0n) is 15.5. The number of benzene rings is 1. The summed E-state index contributed by atoms with van der Waals surface area (Å²) in [5.41, 5.74) is 6.31. The molecule has 0 saturated carbocycles. The lowest BCUT2D eigenvalue weighted by Crippen LogP contribution is -2.69. The van der Waals surface area contributed by atoms with Gasteiger partial charge in [0.1, 0.15) is 5.82 Å². The van der Waals surface area contributed by atoms with Gasteiger partial charge in [0.2, 0.25) is 11.8 Å². The fraction of sp³-hybridized carbons (Fsp3) is 0.368. The van der Waals surface area contributed by atoms with Crippen molar-refractivity contribution in [1.82, 2.24) is 14.9 Å². The van der Waals surface area contributed by atoms with E-state index in [1.54, 1.807) is 30.5 Å². The Kier molecular flexibility index (Phi) is 5.19. The van der Waals surface area contributed by atoms with E-state index in [-0.39, 0.29) is 5.91 Å². The predicted octanol–water partition coefficient (Wildman–Crippen LogP) is 1.20. The zero-order chi connectivity index (χ0) is 19.7. The first kappa shape index (κ1) is 18.7. The molecule has 28 heavy (non-hydrogen) atoms. The fourth-order valence-corrected chi connectivity index (χ4v) is 4.17. The van der Waals surface area contributed by atoms with Crippen LogP contribution in [0.3, 0.4) is 0 Å². The molecule has 3 fully saturated rings. The van der Waals surface area contributed by atoms with Gasteiger partial charge in [-0.15, -0.1) is 0 Å². The minimum Gasteiger partial charge on any atom is -0.366 e. The maximum atomic E-state index is 12.4. The van der Waals surface area contributed by atoms with E-state index < -0.39 is 5.91 Å². The number of rotatable bonds is 6. The summed E-state index contributed by atoms with van der Waals surface area (Å²) in [6.45, 7) is 2.09. The number of aromatic nitrogens is 2. The highest BCUT2D eigenvalue weighted by Gasteiger charge is 2.45. The normalized spacial score (nSPS) is 21.1. The van der Waals surface area contributed by atoms with E-state index in [1.165, 1.54) is 11.8 Å². The summed E-state index contributed by atoms with van der Waals surface area (Å²) in [5.74, 6) is 0.415. The van der Waals surface area contributed by atoms with Crippen LogP contribution in [-0.2, 0) is 4.79 Å². The monoisotopic (exact) mass is 398 g/mol. The minimum atomic E-state index is -0.482. The van der Waals surface area contributed by atoms with E-state index in [0.29, 0.717) is 29.9 Å². The molecule has 3 N–H and O–H groups in total. The molecule has 4 heterocycles. The maximum Gasteiger partial charge on any atom is 0.248 e. The SMILES string of the molecule is CSc1nccc(N2CC3CC(C2)N3CC(=O)Nc2ccc(C(N)=O)cc2)n1. The van der Waals surface area contributed by atoms with Crippen LogP contribution in [0, 0.1) is 0 Å². The Morgan fingerprint density at radius 2 is 1.93 bits per heavy atom. The number of nitrogens with zero attached hydrogens (tertiary/aromatic N) is 4. The summed E-state index contributed by atoms with van der Waals surface area (Å²) >= 11 is 1.53. The smallest absolute Gasteiger partial charge is 0.248 e. The Morgan fingerprint density at radius 1 is 1.21 bits per heavy atom. The Balaban J connectivity index is 1.32. The number of piperazine rings is 1. The van der Waals surface area contributed by atoms with Gasteiger partial charge >= 0.3 is 0 Å². The molecule has 1 aromatic heterocycles. The molecular formula is C19H22N6O2S. The molecule has 8 nitrogen and oxygen atoms in total. The third-order valence-electron chi connectivity index (χ3n) is 5.25. The van der Waals surface area contributed by atoms with Crippen LogP contribution in [0.15, 0.2) is 41.7 Å². The number of carbonyl (C=O) groups is 2. The van der Waals surface area contributed by atoms with Gasteiger partial charge in [-0.05, 0) is 43.0 Å². The molecule has 0 aliphatic carbocycles. The van der Waals surface area contributed by atoms with Gasteiger partial charge in [-0.1, -0.05) is 11.8 Å². The van der Waals surface area contributed by atoms with Gasteiger partial charge in [0, 0.05) is 42.6 Å². The fourth-order valence-electron chi connectivity index (χ4n) is 3.82. The Hall–Kier alpha value is -2.65. The molecule has 2 amide bonds. The first-order valence-corrected chi connectivity index (χ1v) is 10.3. The second kappa shape index (κ2) is 7.76. The summed E-state index contributed by atoms with van der Waals surface area (Å²) in [7, 11) is 0. The van der Waals surface area contributed by atoms with Crippen LogP contribution in [0.25, 0.3) is 0 Å². The number of hydrogen-bond donors (Lipinski definition) is 2. The topological polar surface area (TPSA) is 104 Å². The van der Waals surface area contributed by atoms with Gasteiger partial charge < -0.3 is 16.0 Å². The van der Waals surface area contributed by atoms with Crippen LogP contribution in [0.1, 0.15) is 16.8 Å². The highest BCUT2D eigenvalue weighted by Crippen LogP contribution is 2.34. The van der Waals surface area contributed by atoms with Crippen molar-refractivity contribution in [3.8, 4) is 0 Å². The number of fused-ring (bicyclic) bond motifs is 2. The number of piperidine rings is 1. The average molecular weight is 398 g/mol. The van der Waals surface area contributed by atoms with Crippen molar-refractivity contribution in [2.24, 2.45) is 5.73 Å². The lowest BCUT2D eigenvalue weighted by Gasteiger charge is -2.56. The number of hydrogen-bond acceptors (Lipinski definition) is 7. The molecule has 5 rings (SSSR count). The number of carbonyl (C=O) groups excluding carboxylic acids is 2. The van der Waals surface area contributed by atoms with E-state index in [1.807, 2.05) is 12.3 Å². The number of primary amides is 1. The molecule has 3 aliphatic heterocycles. The van der Waals surface area contributed by atoms with Crippen molar-refractivity contribution < 1.29 is 9.59 Å². The largest absolute Gasteiger partial charge is 0.366 e. The molecule has 0 radical (unpaired) electrons. The van der Waals surface area contributed by atoms with E-state index in [2.05, 4.69) is 25.1 Å². The summed E-state index contributed by atoms with van der Waals surface area (Å²) in [6.07, 6.45) is 4.87. The zero-order valence-corrected chi connectivity index (χ0v) is 16.4. The van der Waals surface area contributed by atoms with E-state index in [0.717, 1.165) is 30.5 Å². The molecule has 2 bridgehead atoms. The number of nitrogens with one attached hydrogen (secondary N) is 1. The van der Waals surface area contributed by atoms with Crippen LogP contribution >= 0.6 is 11.8 Å².